The maximum Gasteiger partial charge on any atom is 0.237 e. The molecule has 7 nitrogen and oxygen atoms in total. The number of nitrogens with zero attached hydrogens (tertiary/aromatic N) is 2. The number of sulfonamides is 1. The molecule has 0 N–H and O–H groups in total. The zero-order chi connectivity index (χ0) is 16.9. The van der Waals surface area contributed by atoms with E-state index in [2.05, 4.69) is 6.92 Å². The van der Waals surface area contributed by atoms with Gasteiger partial charge in [0.2, 0.25) is 15.9 Å². The average Bonchev–Trinajstić information content (AvgIpc) is 2.94. The van der Waals surface area contributed by atoms with Crippen LogP contribution in [0.1, 0.15) is 39.0 Å². The zero-order valence-electron chi connectivity index (χ0n) is 14.1. The average molecular weight is 348 g/mol. The Labute approximate surface area is 139 Å². The number of amides is 1. The highest BCUT2D eigenvalue weighted by Crippen LogP contribution is 2.31. The molecule has 2 aliphatic heterocycles. The molecule has 0 bridgehead atoms. The Hall–Kier alpha value is -0.700. The number of carbonyl (C=O) groups excluding carboxylic acids is 1. The van der Waals surface area contributed by atoms with Crippen LogP contribution in [0.2, 0.25) is 0 Å². The van der Waals surface area contributed by atoms with E-state index < -0.39 is 15.8 Å². The van der Waals surface area contributed by atoms with Gasteiger partial charge in [-0.15, -0.1) is 0 Å². The standard InChI is InChI=1S/C15H28N2O5S/c1-3-4-5-8-17(23(2,19)20)13-14(18)16-9-6-15(7-10-16)21-11-12-22-15/h3-13H2,1-2H3. The highest BCUT2D eigenvalue weighted by molar-refractivity contribution is 7.88. The van der Waals surface area contributed by atoms with Crippen LogP contribution in [-0.2, 0) is 24.3 Å². The van der Waals surface area contributed by atoms with Gasteiger partial charge in [-0.3, -0.25) is 4.79 Å². The molecule has 2 rings (SSSR count). The van der Waals surface area contributed by atoms with Gasteiger partial charge in [-0.05, 0) is 6.42 Å². The van der Waals surface area contributed by atoms with Gasteiger partial charge in [0, 0.05) is 32.5 Å². The molecule has 0 aromatic carbocycles. The smallest absolute Gasteiger partial charge is 0.237 e. The molecule has 0 aromatic heterocycles. The number of hydrogen-bond acceptors (Lipinski definition) is 5. The number of ether oxygens (including phenoxy) is 2. The second kappa shape index (κ2) is 7.92. The summed E-state index contributed by atoms with van der Waals surface area (Å²) in [4.78, 5) is 14.1. The molecule has 1 spiro atoms. The molecule has 2 aliphatic rings. The first-order valence-electron chi connectivity index (χ1n) is 8.37. The monoisotopic (exact) mass is 348 g/mol. The van der Waals surface area contributed by atoms with Gasteiger partial charge in [0.25, 0.3) is 0 Å². The number of unbranched alkanes of at least 4 members (excludes halogenated alkanes) is 2. The van der Waals surface area contributed by atoms with Gasteiger partial charge >= 0.3 is 0 Å². The van der Waals surface area contributed by atoms with Crippen molar-refractivity contribution in [1.82, 2.24) is 9.21 Å². The first-order chi connectivity index (χ1) is 10.9. The Morgan fingerprint density at radius 1 is 1.17 bits per heavy atom. The van der Waals surface area contributed by atoms with Gasteiger partial charge in [0.15, 0.2) is 5.79 Å². The van der Waals surface area contributed by atoms with E-state index in [0.717, 1.165) is 25.5 Å². The molecule has 1 amide bonds. The Morgan fingerprint density at radius 3 is 2.30 bits per heavy atom. The lowest BCUT2D eigenvalue weighted by molar-refractivity contribution is -0.187. The molecule has 2 fully saturated rings. The third-order valence-electron chi connectivity index (χ3n) is 4.48. The molecule has 23 heavy (non-hydrogen) atoms. The van der Waals surface area contributed by atoms with Crippen molar-refractivity contribution in [2.24, 2.45) is 0 Å². The minimum absolute atomic E-state index is 0.0722. The predicted molar refractivity (Wildman–Crippen MR) is 86.4 cm³/mol. The van der Waals surface area contributed by atoms with Gasteiger partial charge in [0.1, 0.15) is 0 Å². The van der Waals surface area contributed by atoms with Crippen LogP contribution in [0.3, 0.4) is 0 Å². The topological polar surface area (TPSA) is 76.2 Å². The summed E-state index contributed by atoms with van der Waals surface area (Å²) in [5.74, 6) is -0.659. The van der Waals surface area contributed by atoms with Crippen LogP contribution >= 0.6 is 0 Å². The molecule has 0 atom stereocenters. The molecule has 0 saturated carbocycles. The van der Waals surface area contributed by atoms with Crippen molar-refractivity contribution in [3.8, 4) is 0 Å². The van der Waals surface area contributed by atoms with E-state index in [1.807, 2.05) is 0 Å². The highest BCUT2D eigenvalue weighted by atomic mass is 32.2. The number of carbonyl (C=O) groups is 1. The van der Waals surface area contributed by atoms with Crippen molar-refractivity contribution >= 4 is 15.9 Å². The Bertz CT molecular complexity index is 492. The number of hydrogen-bond donors (Lipinski definition) is 0. The summed E-state index contributed by atoms with van der Waals surface area (Å²) in [6.45, 7) is 4.70. The molecule has 2 heterocycles. The number of piperidine rings is 1. The van der Waals surface area contributed by atoms with E-state index in [4.69, 9.17) is 9.47 Å². The molecule has 0 aliphatic carbocycles. The lowest BCUT2D eigenvalue weighted by Crippen LogP contribution is -2.50. The summed E-state index contributed by atoms with van der Waals surface area (Å²) < 4.78 is 36.3. The van der Waals surface area contributed by atoms with E-state index >= 15 is 0 Å². The lowest BCUT2D eigenvalue weighted by atomic mass is 10.0. The largest absolute Gasteiger partial charge is 0.347 e. The second-order valence-electron chi connectivity index (χ2n) is 6.29. The van der Waals surface area contributed by atoms with Crippen LogP contribution in [0.4, 0.5) is 0 Å². The van der Waals surface area contributed by atoms with Crippen LogP contribution in [0, 0.1) is 0 Å². The molecule has 8 heteroatoms. The molecule has 0 unspecified atom stereocenters. The minimum Gasteiger partial charge on any atom is -0.347 e. The Balaban J connectivity index is 1.86. The van der Waals surface area contributed by atoms with Crippen LogP contribution in [-0.4, -0.2) is 75.0 Å². The van der Waals surface area contributed by atoms with E-state index in [1.54, 1.807) is 4.90 Å². The van der Waals surface area contributed by atoms with E-state index in [0.29, 0.717) is 45.7 Å². The van der Waals surface area contributed by atoms with Crippen LogP contribution in [0.5, 0.6) is 0 Å². The minimum atomic E-state index is -3.36. The predicted octanol–water partition coefficient (Wildman–Crippen LogP) is 0.804. The maximum absolute atomic E-state index is 12.4. The van der Waals surface area contributed by atoms with Crippen molar-refractivity contribution in [2.75, 3.05) is 45.6 Å². The fourth-order valence-electron chi connectivity index (χ4n) is 3.03. The van der Waals surface area contributed by atoms with Gasteiger partial charge in [0.05, 0.1) is 26.0 Å². The van der Waals surface area contributed by atoms with Crippen molar-refractivity contribution in [2.45, 2.75) is 44.8 Å². The second-order valence-corrected chi connectivity index (χ2v) is 8.27. The molecular formula is C15H28N2O5S. The van der Waals surface area contributed by atoms with Gasteiger partial charge < -0.3 is 14.4 Å². The molecule has 2 saturated heterocycles. The normalized spacial score (nSPS) is 21.3. The maximum atomic E-state index is 12.4. The van der Waals surface area contributed by atoms with Crippen molar-refractivity contribution in [3.05, 3.63) is 0 Å². The van der Waals surface area contributed by atoms with Crippen LogP contribution < -0.4 is 0 Å². The zero-order valence-corrected chi connectivity index (χ0v) is 14.9. The summed E-state index contributed by atoms with van der Waals surface area (Å²) >= 11 is 0. The summed E-state index contributed by atoms with van der Waals surface area (Å²) in [5.41, 5.74) is 0. The van der Waals surface area contributed by atoms with E-state index in [1.165, 1.54) is 4.31 Å². The third-order valence-corrected chi connectivity index (χ3v) is 5.73. The highest BCUT2D eigenvalue weighted by Gasteiger charge is 2.41. The fourth-order valence-corrected chi connectivity index (χ4v) is 3.84. The number of rotatable bonds is 7. The summed E-state index contributed by atoms with van der Waals surface area (Å²) in [7, 11) is -3.36. The van der Waals surface area contributed by atoms with Crippen LogP contribution in [0.15, 0.2) is 0 Å². The first kappa shape index (κ1) is 18.6. The summed E-state index contributed by atoms with van der Waals surface area (Å²) in [6, 6.07) is 0. The lowest BCUT2D eigenvalue weighted by Gasteiger charge is -2.38. The van der Waals surface area contributed by atoms with Gasteiger partial charge in [-0.25, -0.2) is 8.42 Å². The molecule has 0 aromatic rings. The Kier molecular flexibility index (Phi) is 6.41. The molecule has 0 radical (unpaired) electrons. The van der Waals surface area contributed by atoms with Crippen molar-refractivity contribution < 1.29 is 22.7 Å². The van der Waals surface area contributed by atoms with Crippen LogP contribution in [0.25, 0.3) is 0 Å². The fraction of sp³-hybridized carbons (Fsp3) is 0.933. The molecular weight excluding hydrogens is 320 g/mol. The quantitative estimate of drug-likeness (QED) is 0.636. The summed E-state index contributed by atoms with van der Waals surface area (Å²) in [6.07, 6.45) is 5.21. The summed E-state index contributed by atoms with van der Waals surface area (Å²) in [5, 5.41) is 0. The SMILES string of the molecule is CCCCCN(CC(=O)N1CCC2(CC1)OCCO2)S(C)(=O)=O. The number of likely N-dealkylation sites (tertiary alicyclic amines) is 1. The third kappa shape index (κ3) is 5.14. The van der Waals surface area contributed by atoms with Crippen molar-refractivity contribution in [3.63, 3.8) is 0 Å². The van der Waals surface area contributed by atoms with Gasteiger partial charge in [-0.1, -0.05) is 19.8 Å². The molecule has 134 valence electrons. The van der Waals surface area contributed by atoms with E-state index in [9.17, 15) is 13.2 Å². The van der Waals surface area contributed by atoms with Crippen molar-refractivity contribution in [1.29, 1.82) is 0 Å². The van der Waals surface area contributed by atoms with Gasteiger partial charge in [-0.2, -0.15) is 4.31 Å². The Morgan fingerprint density at radius 2 is 1.78 bits per heavy atom. The first-order valence-corrected chi connectivity index (χ1v) is 10.2. The van der Waals surface area contributed by atoms with E-state index in [-0.39, 0.29) is 12.5 Å².